The number of aromatic hydroxyl groups is 1. The SMILES string of the molecule is CCOC(=O)c1c(C)nc(O)nc1SC. The van der Waals surface area contributed by atoms with Crippen LogP contribution < -0.4 is 0 Å². The molecule has 0 aliphatic heterocycles. The second kappa shape index (κ2) is 4.97. The molecule has 0 radical (unpaired) electrons. The first-order valence-corrected chi connectivity index (χ1v) is 5.61. The maximum atomic E-state index is 11.6. The summed E-state index contributed by atoms with van der Waals surface area (Å²) in [5.41, 5.74) is 0.743. The zero-order valence-electron chi connectivity index (χ0n) is 8.77. The van der Waals surface area contributed by atoms with Crippen LogP contribution in [0.15, 0.2) is 5.03 Å². The number of esters is 1. The highest BCUT2D eigenvalue weighted by Gasteiger charge is 2.18. The van der Waals surface area contributed by atoms with Crippen LogP contribution in [0.25, 0.3) is 0 Å². The van der Waals surface area contributed by atoms with E-state index < -0.39 is 5.97 Å². The number of aryl methyl sites for hydroxylation is 1. The molecule has 1 N–H and O–H groups in total. The first-order valence-electron chi connectivity index (χ1n) is 4.38. The van der Waals surface area contributed by atoms with Gasteiger partial charge in [0.1, 0.15) is 10.6 Å². The Balaban J connectivity index is 3.20. The van der Waals surface area contributed by atoms with Crippen LogP contribution in [0, 0.1) is 6.92 Å². The molecule has 0 fully saturated rings. The third-order valence-electron chi connectivity index (χ3n) is 1.72. The first kappa shape index (κ1) is 11.8. The van der Waals surface area contributed by atoms with Crippen LogP contribution in [0.4, 0.5) is 0 Å². The number of thioether (sulfide) groups is 1. The Morgan fingerprint density at radius 1 is 1.53 bits per heavy atom. The monoisotopic (exact) mass is 228 g/mol. The van der Waals surface area contributed by atoms with Crippen LogP contribution in [0.3, 0.4) is 0 Å². The molecule has 1 heterocycles. The Labute approximate surface area is 91.9 Å². The van der Waals surface area contributed by atoms with Crippen LogP contribution in [0.1, 0.15) is 23.0 Å². The average molecular weight is 228 g/mol. The van der Waals surface area contributed by atoms with Crippen molar-refractivity contribution in [1.82, 2.24) is 9.97 Å². The highest BCUT2D eigenvalue weighted by molar-refractivity contribution is 7.98. The molecule has 0 unspecified atom stereocenters. The summed E-state index contributed by atoms with van der Waals surface area (Å²) >= 11 is 1.27. The summed E-state index contributed by atoms with van der Waals surface area (Å²) in [6.07, 6.45) is 1.77. The van der Waals surface area contributed by atoms with Gasteiger partial charge in [-0.15, -0.1) is 11.8 Å². The van der Waals surface area contributed by atoms with Crippen LogP contribution in [0.5, 0.6) is 6.01 Å². The van der Waals surface area contributed by atoms with Crippen molar-refractivity contribution in [2.24, 2.45) is 0 Å². The molecule has 0 amide bonds. The number of hydrogen-bond acceptors (Lipinski definition) is 6. The van der Waals surface area contributed by atoms with Crippen molar-refractivity contribution >= 4 is 17.7 Å². The molecule has 0 aliphatic carbocycles. The lowest BCUT2D eigenvalue weighted by molar-refractivity contribution is 0.0519. The van der Waals surface area contributed by atoms with Gasteiger partial charge in [-0.3, -0.25) is 0 Å². The van der Waals surface area contributed by atoms with E-state index in [1.54, 1.807) is 20.1 Å². The fourth-order valence-electron chi connectivity index (χ4n) is 1.12. The highest BCUT2D eigenvalue weighted by atomic mass is 32.2. The number of hydrogen-bond donors (Lipinski definition) is 1. The molecular formula is C9H12N2O3S. The van der Waals surface area contributed by atoms with E-state index in [1.165, 1.54) is 11.8 Å². The van der Waals surface area contributed by atoms with Gasteiger partial charge in [0.25, 0.3) is 0 Å². The van der Waals surface area contributed by atoms with Crippen molar-refractivity contribution in [3.63, 3.8) is 0 Å². The van der Waals surface area contributed by atoms with Gasteiger partial charge in [0.15, 0.2) is 0 Å². The second-order valence-corrected chi connectivity index (χ2v) is 3.51. The summed E-state index contributed by atoms with van der Waals surface area (Å²) in [7, 11) is 0. The van der Waals surface area contributed by atoms with E-state index in [1.807, 2.05) is 0 Å². The van der Waals surface area contributed by atoms with E-state index in [4.69, 9.17) is 4.74 Å². The molecule has 0 spiro atoms. The zero-order valence-corrected chi connectivity index (χ0v) is 9.59. The van der Waals surface area contributed by atoms with Gasteiger partial charge in [0, 0.05) is 0 Å². The summed E-state index contributed by atoms with van der Waals surface area (Å²) < 4.78 is 4.88. The molecule has 1 aromatic rings. The summed E-state index contributed by atoms with van der Waals surface area (Å²) in [5.74, 6) is -0.459. The van der Waals surface area contributed by atoms with Crippen molar-refractivity contribution in [2.75, 3.05) is 12.9 Å². The lowest BCUT2D eigenvalue weighted by Gasteiger charge is -2.08. The largest absolute Gasteiger partial charge is 0.479 e. The molecule has 0 aliphatic rings. The first-order chi connectivity index (χ1) is 7.10. The number of ether oxygens (including phenoxy) is 1. The molecule has 0 bridgehead atoms. The molecule has 0 aromatic carbocycles. The quantitative estimate of drug-likeness (QED) is 0.479. The third-order valence-corrected chi connectivity index (χ3v) is 2.40. The Hall–Kier alpha value is -1.30. The van der Waals surface area contributed by atoms with Crippen LogP contribution in [-0.4, -0.2) is 33.9 Å². The molecule has 0 saturated heterocycles. The van der Waals surface area contributed by atoms with Gasteiger partial charge in [-0.2, -0.15) is 9.97 Å². The van der Waals surface area contributed by atoms with Gasteiger partial charge in [0.2, 0.25) is 0 Å². The fraction of sp³-hybridized carbons (Fsp3) is 0.444. The topological polar surface area (TPSA) is 72.3 Å². The second-order valence-electron chi connectivity index (χ2n) is 2.71. The van der Waals surface area contributed by atoms with Gasteiger partial charge in [0.05, 0.1) is 12.3 Å². The normalized spacial score (nSPS) is 10.1. The van der Waals surface area contributed by atoms with Crippen molar-refractivity contribution < 1.29 is 14.6 Å². The third kappa shape index (κ3) is 2.59. The van der Waals surface area contributed by atoms with Crippen molar-refractivity contribution in [1.29, 1.82) is 0 Å². The zero-order chi connectivity index (χ0) is 11.4. The van der Waals surface area contributed by atoms with Gasteiger partial charge in [-0.25, -0.2) is 4.79 Å². The molecule has 1 rings (SSSR count). The van der Waals surface area contributed by atoms with Crippen LogP contribution in [0.2, 0.25) is 0 Å². The van der Waals surface area contributed by atoms with E-state index in [0.717, 1.165) is 0 Å². The summed E-state index contributed by atoms with van der Waals surface area (Å²) in [5, 5.41) is 9.60. The molecule has 1 aromatic heterocycles. The van der Waals surface area contributed by atoms with Gasteiger partial charge >= 0.3 is 12.0 Å². The van der Waals surface area contributed by atoms with Crippen LogP contribution >= 0.6 is 11.8 Å². The Kier molecular flexibility index (Phi) is 3.90. The summed E-state index contributed by atoms with van der Waals surface area (Å²) in [4.78, 5) is 19.0. The van der Waals surface area contributed by atoms with E-state index in [2.05, 4.69) is 9.97 Å². The Morgan fingerprint density at radius 3 is 2.73 bits per heavy atom. The number of carbonyl (C=O) groups excluding carboxylic acids is 1. The van der Waals surface area contributed by atoms with E-state index in [-0.39, 0.29) is 6.01 Å². The molecular weight excluding hydrogens is 216 g/mol. The summed E-state index contributed by atoms with van der Waals surface area (Å²) in [6, 6.07) is -0.329. The van der Waals surface area contributed by atoms with Crippen molar-refractivity contribution in [3.05, 3.63) is 11.3 Å². The van der Waals surface area contributed by atoms with E-state index in [0.29, 0.717) is 22.9 Å². The molecule has 6 heteroatoms. The molecule has 15 heavy (non-hydrogen) atoms. The maximum Gasteiger partial charge on any atom is 0.342 e. The summed E-state index contributed by atoms with van der Waals surface area (Å²) in [6.45, 7) is 3.66. The lowest BCUT2D eigenvalue weighted by Crippen LogP contribution is -2.10. The number of rotatable bonds is 3. The van der Waals surface area contributed by atoms with E-state index >= 15 is 0 Å². The average Bonchev–Trinajstić information content (AvgIpc) is 2.16. The molecule has 82 valence electrons. The smallest absolute Gasteiger partial charge is 0.342 e. The molecule has 0 atom stereocenters. The predicted molar refractivity (Wildman–Crippen MR) is 56.2 cm³/mol. The lowest BCUT2D eigenvalue weighted by atomic mass is 10.2. The minimum absolute atomic E-state index is 0.299. The number of aromatic nitrogens is 2. The number of carbonyl (C=O) groups is 1. The minimum Gasteiger partial charge on any atom is -0.479 e. The number of nitrogens with zero attached hydrogens (tertiary/aromatic N) is 2. The van der Waals surface area contributed by atoms with Gasteiger partial charge in [-0.1, -0.05) is 0 Å². The minimum atomic E-state index is -0.459. The van der Waals surface area contributed by atoms with Crippen molar-refractivity contribution in [3.8, 4) is 6.01 Å². The predicted octanol–water partition coefficient (Wildman–Crippen LogP) is 1.39. The molecule has 0 saturated carbocycles. The fourth-order valence-corrected chi connectivity index (χ4v) is 1.73. The van der Waals surface area contributed by atoms with Gasteiger partial charge < -0.3 is 9.84 Å². The van der Waals surface area contributed by atoms with E-state index in [9.17, 15) is 9.90 Å². The van der Waals surface area contributed by atoms with Gasteiger partial charge in [-0.05, 0) is 20.1 Å². The standard InChI is InChI=1S/C9H12N2O3S/c1-4-14-8(12)6-5(2)10-9(13)11-7(6)15-3/h4H2,1-3H3,(H,10,11,13). The van der Waals surface area contributed by atoms with Crippen molar-refractivity contribution in [2.45, 2.75) is 18.9 Å². The molecule has 5 nitrogen and oxygen atoms in total. The maximum absolute atomic E-state index is 11.6. The Morgan fingerprint density at radius 2 is 2.20 bits per heavy atom. The Bertz CT molecular complexity index is 382. The highest BCUT2D eigenvalue weighted by Crippen LogP contribution is 2.22. The van der Waals surface area contributed by atoms with Crippen LogP contribution in [-0.2, 0) is 4.74 Å².